The van der Waals surface area contributed by atoms with E-state index in [0.29, 0.717) is 23.9 Å². The molecular formula is C19H28N2O3. The van der Waals surface area contributed by atoms with E-state index in [9.17, 15) is 5.11 Å². The molecule has 0 spiro atoms. The van der Waals surface area contributed by atoms with Crippen molar-refractivity contribution < 1.29 is 14.3 Å². The first-order chi connectivity index (χ1) is 11.4. The van der Waals surface area contributed by atoms with Crippen molar-refractivity contribution in [1.29, 1.82) is 5.41 Å². The second-order valence-electron chi connectivity index (χ2n) is 6.79. The summed E-state index contributed by atoms with van der Waals surface area (Å²) in [7, 11) is 0. The van der Waals surface area contributed by atoms with Gasteiger partial charge >= 0.3 is 0 Å². The van der Waals surface area contributed by atoms with Crippen LogP contribution in [0.5, 0.6) is 5.75 Å². The molecule has 1 aromatic heterocycles. The van der Waals surface area contributed by atoms with E-state index in [1.807, 2.05) is 38.1 Å². The Labute approximate surface area is 143 Å². The van der Waals surface area contributed by atoms with Gasteiger partial charge in [0.15, 0.2) is 11.3 Å². The molecule has 132 valence electrons. The Morgan fingerprint density at radius 1 is 1.29 bits per heavy atom. The van der Waals surface area contributed by atoms with Crippen LogP contribution in [-0.2, 0) is 0 Å². The zero-order valence-corrected chi connectivity index (χ0v) is 14.9. The highest BCUT2D eigenvalue weighted by Gasteiger charge is 2.19. The summed E-state index contributed by atoms with van der Waals surface area (Å²) in [5, 5.41) is 21.7. The summed E-state index contributed by atoms with van der Waals surface area (Å²) < 4.78 is 11.7. The topological polar surface area (TPSA) is 78.5 Å². The molecule has 2 atom stereocenters. The molecule has 0 saturated heterocycles. The Kier molecular flexibility index (Phi) is 6.40. The lowest BCUT2D eigenvalue weighted by Gasteiger charge is -2.15. The second kappa shape index (κ2) is 8.31. The number of benzene rings is 1. The van der Waals surface area contributed by atoms with Crippen molar-refractivity contribution in [2.75, 3.05) is 13.2 Å². The van der Waals surface area contributed by atoms with Gasteiger partial charge in [-0.1, -0.05) is 39.8 Å². The fraction of sp³-hybridized carbons (Fsp3) is 0.526. The monoisotopic (exact) mass is 332 g/mol. The third kappa shape index (κ3) is 4.58. The number of rotatable bonds is 9. The minimum absolute atomic E-state index is 0.0499. The fourth-order valence-corrected chi connectivity index (χ4v) is 2.55. The van der Waals surface area contributed by atoms with Gasteiger partial charge in [0.2, 0.25) is 0 Å². The molecule has 0 aliphatic rings. The minimum Gasteiger partial charge on any atom is -0.487 e. The number of hydrogen-bond acceptors (Lipinski definition) is 5. The molecule has 0 aliphatic carbocycles. The molecule has 5 nitrogen and oxygen atoms in total. The maximum Gasteiger partial charge on any atom is 0.176 e. The van der Waals surface area contributed by atoms with Gasteiger partial charge in [0.25, 0.3) is 0 Å². The van der Waals surface area contributed by atoms with Crippen molar-refractivity contribution in [1.82, 2.24) is 5.32 Å². The Bertz CT molecular complexity index is 664. The van der Waals surface area contributed by atoms with E-state index in [1.165, 1.54) is 6.21 Å². The van der Waals surface area contributed by atoms with Crippen molar-refractivity contribution >= 4 is 17.2 Å². The summed E-state index contributed by atoms with van der Waals surface area (Å²) in [4.78, 5) is 0. The standard InChI is InChI=1S/C19H28N2O3/c1-12(2)16(9-20)18-8-14-6-5-7-17(19(14)24-18)23-11-15(22)10-21-13(3)4/h5-9,12-13,15-16,20-22H,10-11H2,1-4H3. The van der Waals surface area contributed by atoms with Gasteiger partial charge < -0.3 is 25.0 Å². The first-order valence-electron chi connectivity index (χ1n) is 8.49. The normalized spacial score (nSPS) is 14.3. The predicted octanol–water partition coefficient (Wildman–Crippen LogP) is 3.56. The average molecular weight is 332 g/mol. The van der Waals surface area contributed by atoms with E-state index in [-0.39, 0.29) is 18.4 Å². The van der Waals surface area contributed by atoms with E-state index in [4.69, 9.17) is 14.6 Å². The van der Waals surface area contributed by atoms with E-state index in [1.54, 1.807) is 0 Å². The number of ether oxygens (including phenoxy) is 1. The number of furan rings is 1. The number of hydrogen-bond donors (Lipinski definition) is 3. The number of para-hydroxylation sites is 1. The number of aliphatic hydroxyl groups excluding tert-OH is 1. The van der Waals surface area contributed by atoms with Crippen LogP contribution in [0, 0.1) is 11.3 Å². The van der Waals surface area contributed by atoms with Crippen LogP contribution in [0.4, 0.5) is 0 Å². The lowest BCUT2D eigenvalue weighted by molar-refractivity contribution is 0.105. The zero-order chi connectivity index (χ0) is 17.7. The lowest BCUT2D eigenvalue weighted by atomic mass is 9.94. The molecule has 3 N–H and O–H groups in total. The lowest BCUT2D eigenvalue weighted by Crippen LogP contribution is -2.35. The van der Waals surface area contributed by atoms with Gasteiger partial charge in [-0.3, -0.25) is 0 Å². The summed E-state index contributed by atoms with van der Waals surface area (Å²) in [6.07, 6.45) is 0.839. The van der Waals surface area contributed by atoms with Gasteiger partial charge in [-0.15, -0.1) is 0 Å². The zero-order valence-electron chi connectivity index (χ0n) is 14.9. The minimum atomic E-state index is -0.581. The molecular weight excluding hydrogens is 304 g/mol. The summed E-state index contributed by atoms with van der Waals surface area (Å²) >= 11 is 0. The second-order valence-corrected chi connectivity index (χ2v) is 6.79. The van der Waals surface area contributed by atoms with Crippen LogP contribution in [0.3, 0.4) is 0 Å². The summed E-state index contributed by atoms with van der Waals surface area (Å²) in [6.45, 7) is 8.89. The maximum absolute atomic E-state index is 9.99. The molecule has 0 radical (unpaired) electrons. The van der Waals surface area contributed by atoms with E-state index in [0.717, 1.165) is 11.1 Å². The molecule has 2 unspecified atom stereocenters. The summed E-state index contributed by atoms with van der Waals surface area (Å²) in [5.41, 5.74) is 0.670. The van der Waals surface area contributed by atoms with E-state index >= 15 is 0 Å². The highest BCUT2D eigenvalue weighted by molar-refractivity contribution is 5.84. The van der Waals surface area contributed by atoms with Crippen LogP contribution < -0.4 is 10.1 Å². The summed E-state index contributed by atoms with van der Waals surface area (Å²) in [5.74, 6) is 1.63. The molecule has 2 rings (SSSR count). The summed E-state index contributed by atoms with van der Waals surface area (Å²) in [6, 6.07) is 8.00. The van der Waals surface area contributed by atoms with Crippen LogP contribution in [0.25, 0.3) is 11.0 Å². The quantitative estimate of drug-likeness (QED) is 0.614. The molecule has 0 aliphatic heterocycles. The highest BCUT2D eigenvalue weighted by atomic mass is 16.5. The molecule has 5 heteroatoms. The Morgan fingerprint density at radius 2 is 2.04 bits per heavy atom. The predicted molar refractivity (Wildman–Crippen MR) is 97.2 cm³/mol. The van der Waals surface area contributed by atoms with Crippen LogP contribution in [0.2, 0.25) is 0 Å². The first kappa shape index (κ1) is 18.5. The van der Waals surface area contributed by atoms with Gasteiger partial charge in [-0.2, -0.15) is 0 Å². The van der Waals surface area contributed by atoms with Crippen LogP contribution >= 0.6 is 0 Å². The van der Waals surface area contributed by atoms with E-state index in [2.05, 4.69) is 19.2 Å². The number of fused-ring (bicyclic) bond motifs is 1. The molecule has 0 fully saturated rings. The SMILES string of the molecule is CC(C)NCC(O)COc1cccc2cc(C(C=N)C(C)C)oc12. The van der Waals surface area contributed by atoms with E-state index < -0.39 is 6.10 Å². The molecule has 1 heterocycles. The van der Waals surface area contributed by atoms with Crippen LogP contribution in [0.1, 0.15) is 39.4 Å². The van der Waals surface area contributed by atoms with Crippen LogP contribution in [0.15, 0.2) is 28.7 Å². The highest BCUT2D eigenvalue weighted by Crippen LogP contribution is 2.33. The first-order valence-corrected chi connectivity index (χ1v) is 8.49. The maximum atomic E-state index is 9.99. The largest absolute Gasteiger partial charge is 0.487 e. The Balaban J connectivity index is 2.13. The van der Waals surface area contributed by atoms with Crippen molar-refractivity contribution in [2.24, 2.45) is 5.92 Å². The van der Waals surface area contributed by atoms with Gasteiger partial charge in [0.1, 0.15) is 18.5 Å². The molecule has 0 amide bonds. The van der Waals surface area contributed by atoms with Crippen molar-refractivity contribution in [3.8, 4) is 5.75 Å². The Hall–Kier alpha value is -1.85. The molecule has 0 bridgehead atoms. The van der Waals surface area contributed by atoms with Crippen molar-refractivity contribution in [3.63, 3.8) is 0 Å². The molecule has 0 saturated carbocycles. The molecule has 2 aromatic rings. The third-order valence-corrected chi connectivity index (χ3v) is 3.95. The third-order valence-electron chi connectivity index (χ3n) is 3.95. The smallest absolute Gasteiger partial charge is 0.176 e. The molecule has 1 aromatic carbocycles. The number of nitrogens with one attached hydrogen (secondary N) is 2. The van der Waals surface area contributed by atoms with Gasteiger partial charge in [0.05, 0.1) is 5.92 Å². The number of aliphatic hydroxyl groups is 1. The Morgan fingerprint density at radius 3 is 2.67 bits per heavy atom. The van der Waals surface area contributed by atoms with Crippen LogP contribution in [-0.4, -0.2) is 36.6 Å². The van der Waals surface area contributed by atoms with Crippen molar-refractivity contribution in [3.05, 3.63) is 30.0 Å². The van der Waals surface area contributed by atoms with Crippen molar-refractivity contribution in [2.45, 2.75) is 45.8 Å². The average Bonchev–Trinajstić information content (AvgIpc) is 2.95. The van der Waals surface area contributed by atoms with Gasteiger partial charge in [0, 0.05) is 24.2 Å². The van der Waals surface area contributed by atoms with Gasteiger partial charge in [-0.25, -0.2) is 0 Å². The fourth-order valence-electron chi connectivity index (χ4n) is 2.55. The molecule has 24 heavy (non-hydrogen) atoms. The van der Waals surface area contributed by atoms with Gasteiger partial charge in [-0.05, 0) is 18.1 Å².